The fourth-order valence-electron chi connectivity index (χ4n) is 2.23. The quantitative estimate of drug-likeness (QED) is 0.856. The van der Waals surface area contributed by atoms with Crippen molar-refractivity contribution in [3.05, 3.63) is 43.1 Å². The fourth-order valence-corrected chi connectivity index (χ4v) is 2.23. The zero-order valence-corrected chi connectivity index (χ0v) is 12.3. The second-order valence-corrected chi connectivity index (χ2v) is 4.79. The summed E-state index contributed by atoms with van der Waals surface area (Å²) in [5, 5.41) is 1.05. The molecule has 0 radical (unpaired) electrons. The number of hydrogen-bond donors (Lipinski definition) is 1. The van der Waals surface area contributed by atoms with Crippen LogP contribution in [-0.2, 0) is 9.59 Å². The summed E-state index contributed by atoms with van der Waals surface area (Å²) in [7, 11) is 1.59. The molecular formula is C16H19N3O2. The van der Waals surface area contributed by atoms with Crippen molar-refractivity contribution in [2.45, 2.75) is 6.92 Å². The number of amides is 2. The topological polar surface area (TPSA) is 56.4 Å². The third-order valence-corrected chi connectivity index (χ3v) is 3.39. The Labute approximate surface area is 123 Å². The number of nitrogens with zero attached hydrogens (tertiary/aromatic N) is 2. The molecule has 0 saturated carbocycles. The summed E-state index contributed by atoms with van der Waals surface area (Å²) in [6, 6.07) is 7.77. The third-order valence-electron chi connectivity index (χ3n) is 3.39. The number of benzene rings is 1. The van der Waals surface area contributed by atoms with E-state index in [0.29, 0.717) is 6.54 Å². The van der Waals surface area contributed by atoms with Gasteiger partial charge < -0.3 is 14.8 Å². The maximum Gasteiger partial charge on any atom is 0.246 e. The van der Waals surface area contributed by atoms with Crippen molar-refractivity contribution in [3.63, 3.8) is 0 Å². The van der Waals surface area contributed by atoms with Gasteiger partial charge in [-0.25, -0.2) is 0 Å². The number of carbonyl (C=O) groups excluding carboxylic acids is 2. The van der Waals surface area contributed by atoms with Crippen molar-refractivity contribution >= 4 is 28.4 Å². The first-order valence-corrected chi connectivity index (χ1v) is 6.82. The van der Waals surface area contributed by atoms with Gasteiger partial charge in [0.1, 0.15) is 6.54 Å². The number of likely N-dealkylation sites (N-methyl/N-ethyl adjacent to an activating group) is 2. The van der Waals surface area contributed by atoms with Crippen LogP contribution in [0.5, 0.6) is 0 Å². The molecule has 1 heterocycles. The van der Waals surface area contributed by atoms with Crippen molar-refractivity contribution in [2.24, 2.45) is 0 Å². The Hall–Kier alpha value is -2.56. The number of aromatic nitrogens is 1. The monoisotopic (exact) mass is 285 g/mol. The van der Waals surface area contributed by atoms with E-state index < -0.39 is 0 Å². The summed E-state index contributed by atoms with van der Waals surface area (Å²) in [6.07, 6.45) is 3.07. The zero-order chi connectivity index (χ0) is 15.4. The summed E-state index contributed by atoms with van der Waals surface area (Å²) >= 11 is 0. The van der Waals surface area contributed by atoms with Gasteiger partial charge in [-0.1, -0.05) is 6.58 Å². The van der Waals surface area contributed by atoms with E-state index in [1.54, 1.807) is 11.9 Å². The van der Waals surface area contributed by atoms with Gasteiger partial charge in [0.2, 0.25) is 11.8 Å². The van der Waals surface area contributed by atoms with Crippen LogP contribution in [0.15, 0.2) is 43.1 Å². The molecule has 2 rings (SSSR count). The van der Waals surface area contributed by atoms with Crippen LogP contribution in [0.3, 0.4) is 0 Å². The predicted molar refractivity (Wildman–Crippen MR) is 84.2 cm³/mol. The van der Waals surface area contributed by atoms with Gasteiger partial charge in [0.25, 0.3) is 0 Å². The molecule has 1 aromatic carbocycles. The SMILES string of the molecule is C=CC(=O)N(C)CC(=O)N(CC)c1ccc2[nH]ccc2c1. The molecule has 0 aliphatic heterocycles. The summed E-state index contributed by atoms with van der Waals surface area (Å²) in [5.74, 6) is -0.384. The van der Waals surface area contributed by atoms with E-state index >= 15 is 0 Å². The lowest BCUT2D eigenvalue weighted by atomic mass is 10.2. The Morgan fingerprint density at radius 2 is 2.10 bits per heavy atom. The van der Waals surface area contributed by atoms with Crippen molar-refractivity contribution in [2.75, 3.05) is 25.0 Å². The Kier molecular flexibility index (Phi) is 4.42. The Morgan fingerprint density at radius 1 is 1.33 bits per heavy atom. The minimum absolute atomic E-state index is 0.0316. The molecule has 0 aliphatic rings. The smallest absolute Gasteiger partial charge is 0.246 e. The molecule has 0 atom stereocenters. The van der Waals surface area contributed by atoms with Crippen molar-refractivity contribution < 1.29 is 9.59 Å². The predicted octanol–water partition coefficient (Wildman–Crippen LogP) is 2.17. The average Bonchev–Trinajstić information content (AvgIpc) is 2.94. The lowest BCUT2D eigenvalue weighted by molar-refractivity contribution is -0.130. The molecule has 0 aliphatic carbocycles. The van der Waals surface area contributed by atoms with E-state index in [2.05, 4.69) is 11.6 Å². The van der Waals surface area contributed by atoms with E-state index in [-0.39, 0.29) is 18.4 Å². The summed E-state index contributed by atoms with van der Waals surface area (Å²) < 4.78 is 0. The highest BCUT2D eigenvalue weighted by Crippen LogP contribution is 2.21. The summed E-state index contributed by atoms with van der Waals surface area (Å²) in [4.78, 5) is 30.0. The molecule has 0 fully saturated rings. The first-order chi connectivity index (χ1) is 10.1. The molecule has 0 bridgehead atoms. The molecule has 2 amide bonds. The lowest BCUT2D eigenvalue weighted by Gasteiger charge is -2.24. The minimum Gasteiger partial charge on any atom is -0.361 e. The first kappa shape index (κ1) is 14.8. The molecule has 1 N–H and O–H groups in total. The summed E-state index contributed by atoms with van der Waals surface area (Å²) in [5.41, 5.74) is 1.86. The third kappa shape index (κ3) is 3.13. The Balaban J connectivity index is 2.19. The number of hydrogen-bond acceptors (Lipinski definition) is 2. The first-order valence-electron chi connectivity index (χ1n) is 6.82. The second-order valence-electron chi connectivity index (χ2n) is 4.79. The highest BCUT2D eigenvalue weighted by Gasteiger charge is 2.17. The Bertz CT molecular complexity index is 675. The highest BCUT2D eigenvalue weighted by molar-refractivity contribution is 5.99. The second kappa shape index (κ2) is 6.26. The summed E-state index contributed by atoms with van der Waals surface area (Å²) in [6.45, 7) is 5.91. The molecule has 5 heteroatoms. The number of aromatic amines is 1. The maximum absolute atomic E-state index is 12.4. The van der Waals surface area contributed by atoms with E-state index in [9.17, 15) is 9.59 Å². The number of H-pyrrole nitrogens is 1. The van der Waals surface area contributed by atoms with E-state index in [1.165, 1.54) is 11.0 Å². The van der Waals surface area contributed by atoms with Crippen molar-refractivity contribution in [1.29, 1.82) is 0 Å². The normalized spacial score (nSPS) is 10.4. The molecule has 0 saturated heterocycles. The highest BCUT2D eigenvalue weighted by atomic mass is 16.2. The number of fused-ring (bicyclic) bond motifs is 1. The number of carbonyl (C=O) groups is 2. The molecule has 0 spiro atoms. The van der Waals surface area contributed by atoms with Crippen LogP contribution in [0.4, 0.5) is 5.69 Å². The van der Waals surface area contributed by atoms with Gasteiger partial charge in [0, 0.05) is 36.4 Å². The van der Waals surface area contributed by atoms with E-state index in [4.69, 9.17) is 0 Å². The number of rotatable bonds is 5. The molecule has 0 unspecified atom stereocenters. The van der Waals surface area contributed by atoms with Gasteiger partial charge in [-0.2, -0.15) is 0 Å². The van der Waals surface area contributed by atoms with Crippen LogP contribution in [0, 0.1) is 0 Å². The van der Waals surface area contributed by atoms with Gasteiger partial charge in [0.15, 0.2) is 0 Å². The van der Waals surface area contributed by atoms with Crippen LogP contribution in [0.1, 0.15) is 6.92 Å². The Morgan fingerprint density at radius 3 is 2.76 bits per heavy atom. The number of anilines is 1. The van der Waals surface area contributed by atoms with Gasteiger partial charge in [-0.05, 0) is 37.3 Å². The average molecular weight is 285 g/mol. The van der Waals surface area contributed by atoms with Crippen LogP contribution in [0.2, 0.25) is 0 Å². The van der Waals surface area contributed by atoms with Gasteiger partial charge in [0.05, 0.1) is 0 Å². The molecule has 21 heavy (non-hydrogen) atoms. The largest absolute Gasteiger partial charge is 0.361 e. The van der Waals surface area contributed by atoms with Crippen molar-refractivity contribution in [3.8, 4) is 0 Å². The van der Waals surface area contributed by atoms with Gasteiger partial charge >= 0.3 is 0 Å². The van der Waals surface area contributed by atoms with Gasteiger partial charge in [-0.3, -0.25) is 9.59 Å². The lowest BCUT2D eigenvalue weighted by Crippen LogP contribution is -2.40. The van der Waals surface area contributed by atoms with Crippen LogP contribution < -0.4 is 4.90 Å². The molecule has 1 aromatic heterocycles. The van der Waals surface area contributed by atoms with Crippen LogP contribution in [-0.4, -0.2) is 41.8 Å². The van der Waals surface area contributed by atoms with Crippen LogP contribution in [0.25, 0.3) is 10.9 Å². The fraction of sp³-hybridized carbons (Fsp3) is 0.250. The zero-order valence-electron chi connectivity index (χ0n) is 12.3. The molecule has 110 valence electrons. The standard InChI is InChI=1S/C16H19N3O2/c1-4-15(20)18(3)11-16(21)19(5-2)13-6-7-14-12(10-13)8-9-17-14/h4,6-10,17H,1,5,11H2,2-3H3. The maximum atomic E-state index is 12.4. The molecule has 5 nitrogen and oxygen atoms in total. The van der Waals surface area contributed by atoms with Crippen molar-refractivity contribution in [1.82, 2.24) is 9.88 Å². The number of nitrogens with one attached hydrogen (secondary N) is 1. The van der Waals surface area contributed by atoms with Crippen LogP contribution >= 0.6 is 0 Å². The van der Waals surface area contributed by atoms with E-state index in [0.717, 1.165) is 16.6 Å². The molecule has 2 aromatic rings. The van der Waals surface area contributed by atoms with Gasteiger partial charge in [-0.15, -0.1) is 0 Å². The molecular weight excluding hydrogens is 266 g/mol. The van der Waals surface area contributed by atoms with E-state index in [1.807, 2.05) is 37.4 Å². The minimum atomic E-state index is -0.263.